The molecule has 0 N–H and O–H groups in total. The fourth-order valence-corrected chi connectivity index (χ4v) is 12.8. The highest BCUT2D eigenvalue weighted by molar-refractivity contribution is 7.26. The number of para-hydroxylation sites is 1. The van der Waals surface area contributed by atoms with Crippen LogP contribution in [0.25, 0.3) is 42.4 Å². The fourth-order valence-electron chi connectivity index (χ4n) is 11.6. The quantitative estimate of drug-likeness (QED) is 0.150. The molecule has 0 spiro atoms. The van der Waals surface area contributed by atoms with E-state index in [1.807, 2.05) is 11.3 Å². The number of fused-ring (bicyclic) bond motifs is 9. The third-order valence-electron chi connectivity index (χ3n) is 14.5. The second-order valence-corrected chi connectivity index (χ2v) is 19.5. The zero-order valence-corrected chi connectivity index (χ0v) is 38.2. The van der Waals surface area contributed by atoms with Crippen LogP contribution in [0, 0.1) is 0 Å². The summed E-state index contributed by atoms with van der Waals surface area (Å²) in [5.74, 6) is 0. The maximum atomic E-state index is 2.53. The van der Waals surface area contributed by atoms with E-state index in [9.17, 15) is 0 Å². The van der Waals surface area contributed by atoms with E-state index in [0.29, 0.717) is 0 Å². The van der Waals surface area contributed by atoms with Gasteiger partial charge in [-0.05, 0) is 111 Å². The molecule has 0 amide bonds. The van der Waals surface area contributed by atoms with Crippen molar-refractivity contribution in [3.05, 3.63) is 276 Å². The molecule has 0 saturated heterocycles. The minimum atomic E-state index is -0.543. The van der Waals surface area contributed by atoms with Crippen LogP contribution < -0.4 is 9.80 Å². The molecule has 2 nitrogen and oxygen atoms in total. The number of anilines is 6. The summed E-state index contributed by atoms with van der Waals surface area (Å²) in [5, 5.41) is 2.57. The molecule has 2 aliphatic rings. The molecule has 0 radical (unpaired) electrons. The van der Waals surface area contributed by atoms with Crippen molar-refractivity contribution in [3.8, 4) is 22.3 Å². The molecule has 0 aliphatic heterocycles. The Kier molecular flexibility index (Phi) is 9.00. The summed E-state index contributed by atoms with van der Waals surface area (Å²) in [6, 6.07) is 90.1. The Morgan fingerprint density at radius 3 is 1.55 bits per heavy atom. The Hall–Kier alpha value is -7.98. The first kappa shape index (κ1) is 39.4. The van der Waals surface area contributed by atoms with Gasteiger partial charge in [-0.1, -0.05) is 196 Å². The van der Waals surface area contributed by atoms with Crippen LogP contribution >= 0.6 is 11.3 Å². The van der Waals surface area contributed by atoms with Gasteiger partial charge in [0.15, 0.2) is 0 Å². The van der Waals surface area contributed by atoms with Crippen molar-refractivity contribution in [2.24, 2.45) is 0 Å². The third-order valence-corrected chi connectivity index (χ3v) is 15.7. The molecule has 13 rings (SSSR count). The van der Waals surface area contributed by atoms with Gasteiger partial charge in [0.2, 0.25) is 0 Å². The Bertz CT molecular complexity index is 3650. The largest absolute Gasteiger partial charge is 0.310 e. The number of nitrogens with zero attached hydrogens (tertiary/aromatic N) is 2. The van der Waals surface area contributed by atoms with E-state index in [-0.39, 0.29) is 5.41 Å². The van der Waals surface area contributed by atoms with Gasteiger partial charge in [-0.15, -0.1) is 11.3 Å². The van der Waals surface area contributed by atoms with Crippen LogP contribution in [0.1, 0.15) is 47.2 Å². The van der Waals surface area contributed by atoms with Crippen LogP contribution in [0.2, 0.25) is 0 Å². The summed E-state index contributed by atoms with van der Waals surface area (Å²) in [4.78, 5) is 4.97. The van der Waals surface area contributed by atoms with Crippen LogP contribution in [0.3, 0.4) is 0 Å². The number of rotatable bonds is 8. The van der Waals surface area contributed by atoms with Gasteiger partial charge in [-0.25, -0.2) is 0 Å². The molecule has 11 aromatic rings. The second-order valence-electron chi connectivity index (χ2n) is 18.4. The monoisotopic (exact) mass is 874 g/mol. The molecule has 2 aliphatic carbocycles. The van der Waals surface area contributed by atoms with Gasteiger partial charge in [0.25, 0.3) is 0 Å². The summed E-state index contributed by atoms with van der Waals surface area (Å²) in [6.45, 7) is 4.75. The van der Waals surface area contributed by atoms with Crippen molar-refractivity contribution in [1.82, 2.24) is 0 Å². The zero-order chi connectivity index (χ0) is 44.7. The van der Waals surface area contributed by atoms with Gasteiger partial charge in [-0.3, -0.25) is 0 Å². The van der Waals surface area contributed by atoms with Gasteiger partial charge in [0.05, 0.1) is 21.5 Å². The molecule has 0 atom stereocenters. The van der Waals surface area contributed by atoms with Crippen molar-refractivity contribution >= 4 is 65.6 Å². The summed E-state index contributed by atoms with van der Waals surface area (Å²) in [7, 11) is 0. The molecule has 0 fully saturated rings. The third kappa shape index (κ3) is 5.88. The van der Waals surface area contributed by atoms with Crippen molar-refractivity contribution in [3.63, 3.8) is 0 Å². The minimum absolute atomic E-state index is 0.168. The lowest BCUT2D eigenvalue weighted by Crippen LogP contribution is -2.28. The number of thiophene rings is 1. The van der Waals surface area contributed by atoms with E-state index in [4.69, 9.17) is 0 Å². The number of hydrogen-bond donors (Lipinski definition) is 0. The maximum Gasteiger partial charge on any atom is 0.0714 e. The first-order valence-corrected chi connectivity index (χ1v) is 24.1. The topological polar surface area (TPSA) is 6.48 Å². The van der Waals surface area contributed by atoms with Crippen LogP contribution in [0.5, 0.6) is 0 Å². The van der Waals surface area contributed by atoms with Gasteiger partial charge in [-0.2, -0.15) is 0 Å². The Morgan fingerprint density at radius 2 is 0.821 bits per heavy atom. The summed E-state index contributed by atoms with van der Waals surface area (Å²) in [5.41, 5.74) is 18.9. The van der Waals surface area contributed by atoms with Gasteiger partial charge in [0.1, 0.15) is 0 Å². The summed E-state index contributed by atoms with van der Waals surface area (Å²) in [6.07, 6.45) is 0. The Balaban J connectivity index is 1.07. The Morgan fingerprint density at radius 1 is 0.343 bits per heavy atom. The van der Waals surface area contributed by atoms with Crippen LogP contribution in [-0.4, -0.2) is 0 Å². The molecular weight excluding hydrogens is 829 g/mol. The maximum absolute atomic E-state index is 2.53. The van der Waals surface area contributed by atoms with E-state index >= 15 is 0 Å². The average molecular weight is 875 g/mol. The van der Waals surface area contributed by atoms with E-state index in [0.717, 1.165) is 34.1 Å². The van der Waals surface area contributed by atoms with E-state index in [1.165, 1.54) is 75.8 Å². The second kappa shape index (κ2) is 15.3. The Labute approximate surface area is 396 Å². The van der Waals surface area contributed by atoms with Crippen LogP contribution in [-0.2, 0) is 10.8 Å². The lowest BCUT2D eigenvalue weighted by molar-refractivity contribution is 0.660. The molecule has 0 saturated carbocycles. The fraction of sp³-hybridized carbons (Fsp3) is 0.0625. The van der Waals surface area contributed by atoms with Crippen molar-refractivity contribution in [1.29, 1.82) is 0 Å². The van der Waals surface area contributed by atoms with E-state index in [1.54, 1.807) is 0 Å². The lowest BCUT2D eigenvalue weighted by Gasteiger charge is -2.35. The number of benzene rings is 10. The van der Waals surface area contributed by atoms with Gasteiger partial charge >= 0.3 is 0 Å². The first-order chi connectivity index (χ1) is 33.0. The lowest BCUT2D eigenvalue weighted by atomic mass is 9.67. The first-order valence-electron chi connectivity index (χ1n) is 23.3. The molecule has 67 heavy (non-hydrogen) atoms. The van der Waals surface area contributed by atoms with E-state index in [2.05, 4.69) is 266 Å². The summed E-state index contributed by atoms with van der Waals surface area (Å²) >= 11 is 1.87. The van der Waals surface area contributed by atoms with Crippen molar-refractivity contribution in [2.75, 3.05) is 9.80 Å². The van der Waals surface area contributed by atoms with Crippen LogP contribution in [0.4, 0.5) is 34.1 Å². The normalized spacial score (nSPS) is 13.8. The SMILES string of the molecule is CC1(C)c2ccccc2-c2c(N(c3cccc(N(c4ccccc4)c4cccc5c4sc4ccccc45)c3)c3cccc(C4(c5ccccc5)c5ccccc5-c5ccccc54)c3)cccc21. The molecule has 1 heterocycles. The predicted octanol–water partition coefficient (Wildman–Crippen LogP) is 17.7. The van der Waals surface area contributed by atoms with Crippen molar-refractivity contribution < 1.29 is 0 Å². The smallest absolute Gasteiger partial charge is 0.0714 e. The van der Waals surface area contributed by atoms with Gasteiger partial charge in [0, 0.05) is 49.2 Å². The zero-order valence-electron chi connectivity index (χ0n) is 37.4. The molecular formula is C64H46N2S. The minimum Gasteiger partial charge on any atom is -0.310 e. The summed E-state index contributed by atoms with van der Waals surface area (Å²) < 4.78 is 2.56. The van der Waals surface area contributed by atoms with Crippen LogP contribution in [0.15, 0.2) is 243 Å². The molecule has 10 aromatic carbocycles. The van der Waals surface area contributed by atoms with Gasteiger partial charge < -0.3 is 9.80 Å². The number of hydrogen-bond acceptors (Lipinski definition) is 3. The highest BCUT2D eigenvalue weighted by atomic mass is 32.1. The molecule has 1 aromatic heterocycles. The standard InChI is InChI=1S/C64H46N2S/c1-63(2)54-34-13-11-32-53(54)61-57(63)37-20-38-58(61)66(46-26-17-23-44(41-46)64(43-21-5-3-6-22-43)55-35-14-9-29-49(55)50-30-10-15-36-56(50)64)48-28-18-27-47(42-48)65(45-24-7-4-8-25-45)59-39-19-33-52-51-31-12-16-40-60(51)67-62(52)59/h3-42H,1-2H3. The predicted molar refractivity (Wildman–Crippen MR) is 284 cm³/mol. The molecule has 0 bridgehead atoms. The van der Waals surface area contributed by atoms with E-state index < -0.39 is 5.41 Å². The molecule has 3 heteroatoms. The molecule has 318 valence electrons. The highest BCUT2D eigenvalue weighted by Crippen LogP contribution is 2.58. The average Bonchev–Trinajstić information content (AvgIpc) is 4.00. The highest BCUT2D eigenvalue weighted by Gasteiger charge is 2.46. The molecule has 0 unspecified atom stereocenters. The van der Waals surface area contributed by atoms with Crippen molar-refractivity contribution in [2.45, 2.75) is 24.7 Å².